The molecular formula is C18H30N2O4S. The number of hydrogen-bond acceptors (Lipinski definition) is 4. The van der Waals surface area contributed by atoms with Crippen LogP contribution >= 0.6 is 0 Å². The van der Waals surface area contributed by atoms with Gasteiger partial charge in [0.25, 0.3) is 0 Å². The van der Waals surface area contributed by atoms with Gasteiger partial charge in [0.05, 0.1) is 11.5 Å². The second kappa shape index (κ2) is 5.96. The third kappa shape index (κ3) is 3.57. The lowest BCUT2D eigenvalue weighted by molar-refractivity contribution is -0.153. The van der Waals surface area contributed by atoms with E-state index in [1.165, 1.54) is 4.90 Å². The predicted octanol–water partition coefficient (Wildman–Crippen LogP) is 1.45. The topological polar surface area (TPSA) is 74.8 Å². The summed E-state index contributed by atoms with van der Waals surface area (Å²) in [5, 5.41) is 0. The molecule has 142 valence electrons. The van der Waals surface area contributed by atoms with Crippen LogP contribution in [0.3, 0.4) is 0 Å². The first-order chi connectivity index (χ1) is 11.5. The number of carbonyl (C=O) groups excluding carboxylic acids is 2. The molecule has 3 unspecified atom stereocenters. The summed E-state index contributed by atoms with van der Waals surface area (Å²) < 4.78 is 23.5. The van der Waals surface area contributed by atoms with Crippen molar-refractivity contribution in [3.63, 3.8) is 0 Å². The van der Waals surface area contributed by atoms with Gasteiger partial charge in [0.15, 0.2) is 9.84 Å². The predicted molar refractivity (Wildman–Crippen MR) is 95.7 cm³/mol. The third-order valence-corrected chi connectivity index (χ3v) is 7.86. The normalized spacial score (nSPS) is 35.6. The molecule has 3 atom stereocenters. The maximum absolute atomic E-state index is 12.9. The zero-order valence-corrected chi connectivity index (χ0v) is 16.6. The number of likely N-dealkylation sites (N-methyl/N-ethyl adjacent to an activating group) is 1. The lowest BCUT2D eigenvalue weighted by Crippen LogP contribution is -2.51. The standard InChI is InChI=1S/C18H30N2O4S/c1-5-19(13-6-7-25(23,24)10-13)15(21)16(22)20-12-18(4)9-14(20)8-17(2,3)11-18/h13-14H,5-12H2,1-4H3. The highest BCUT2D eigenvalue weighted by Crippen LogP contribution is 2.52. The molecule has 0 radical (unpaired) electrons. The van der Waals surface area contributed by atoms with Gasteiger partial charge in [-0.2, -0.15) is 0 Å². The second-order valence-corrected chi connectivity index (χ2v) is 11.5. The highest BCUT2D eigenvalue weighted by atomic mass is 32.2. The van der Waals surface area contributed by atoms with Crippen molar-refractivity contribution in [2.75, 3.05) is 24.6 Å². The van der Waals surface area contributed by atoms with Crippen LogP contribution in [-0.4, -0.2) is 66.7 Å². The zero-order valence-electron chi connectivity index (χ0n) is 15.7. The van der Waals surface area contributed by atoms with Crippen LogP contribution in [-0.2, 0) is 19.4 Å². The maximum atomic E-state index is 12.9. The Morgan fingerprint density at radius 2 is 1.88 bits per heavy atom. The van der Waals surface area contributed by atoms with Crippen molar-refractivity contribution in [2.24, 2.45) is 10.8 Å². The first-order valence-corrected chi connectivity index (χ1v) is 11.1. The zero-order chi connectivity index (χ0) is 18.6. The van der Waals surface area contributed by atoms with Crippen LogP contribution in [0.1, 0.15) is 53.4 Å². The Kier molecular flexibility index (Phi) is 4.45. The first-order valence-electron chi connectivity index (χ1n) is 9.27. The lowest BCUT2D eigenvalue weighted by atomic mass is 9.65. The van der Waals surface area contributed by atoms with Crippen molar-refractivity contribution >= 4 is 21.7 Å². The molecule has 2 bridgehead atoms. The van der Waals surface area contributed by atoms with E-state index in [2.05, 4.69) is 20.8 Å². The molecule has 2 amide bonds. The number of carbonyl (C=O) groups is 2. The molecule has 3 rings (SSSR count). The Morgan fingerprint density at radius 3 is 2.44 bits per heavy atom. The van der Waals surface area contributed by atoms with E-state index in [1.807, 2.05) is 6.92 Å². The molecule has 0 spiro atoms. The van der Waals surface area contributed by atoms with Gasteiger partial charge in [-0.1, -0.05) is 20.8 Å². The van der Waals surface area contributed by atoms with E-state index in [0.29, 0.717) is 19.5 Å². The van der Waals surface area contributed by atoms with Crippen LogP contribution in [0.5, 0.6) is 0 Å². The van der Waals surface area contributed by atoms with Crippen LogP contribution in [0.4, 0.5) is 0 Å². The number of sulfone groups is 1. The molecule has 1 aliphatic carbocycles. The van der Waals surface area contributed by atoms with Crippen molar-refractivity contribution in [3.05, 3.63) is 0 Å². The molecule has 0 N–H and O–H groups in total. The number of hydrogen-bond donors (Lipinski definition) is 0. The average Bonchev–Trinajstić information content (AvgIpc) is 2.94. The van der Waals surface area contributed by atoms with Crippen LogP contribution in [0.2, 0.25) is 0 Å². The minimum Gasteiger partial charge on any atom is -0.331 e. The number of amides is 2. The molecule has 25 heavy (non-hydrogen) atoms. The molecule has 6 nitrogen and oxygen atoms in total. The summed E-state index contributed by atoms with van der Waals surface area (Å²) in [5.74, 6) is -0.890. The molecular weight excluding hydrogens is 340 g/mol. The summed E-state index contributed by atoms with van der Waals surface area (Å²) >= 11 is 0. The maximum Gasteiger partial charge on any atom is 0.312 e. The largest absolute Gasteiger partial charge is 0.331 e. The van der Waals surface area contributed by atoms with E-state index < -0.39 is 21.7 Å². The minimum atomic E-state index is -3.09. The van der Waals surface area contributed by atoms with Crippen molar-refractivity contribution in [1.82, 2.24) is 9.80 Å². The molecule has 3 fully saturated rings. The summed E-state index contributed by atoms with van der Waals surface area (Å²) in [4.78, 5) is 29.0. The molecule has 0 aromatic heterocycles. The monoisotopic (exact) mass is 370 g/mol. The van der Waals surface area contributed by atoms with E-state index in [4.69, 9.17) is 0 Å². The average molecular weight is 371 g/mol. The van der Waals surface area contributed by atoms with Gasteiger partial charge in [0, 0.05) is 25.2 Å². The number of rotatable bonds is 2. The van der Waals surface area contributed by atoms with Gasteiger partial charge < -0.3 is 9.80 Å². The van der Waals surface area contributed by atoms with Crippen molar-refractivity contribution in [2.45, 2.75) is 65.5 Å². The number of nitrogens with zero attached hydrogens (tertiary/aromatic N) is 2. The summed E-state index contributed by atoms with van der Waals surface area (Å²) in [5.41, 5.74) is 0.260. The molecule has 7 heteroatoms. The van der Waals surface area contributed by atoms with E-state index >= 15 is 0 Å². The first kappa shape index (κ1) is 18.7. The van der Waals surface area contributed by atoms with Gasteiger partial charge in [0.1, 0.15) is 0 Å². The fourth-order valence-corrected chi connectivity index (χ4v) is 7.26. The van der Waals surface area contributed by atoms with Gasteiger partial charge in [-0.25, -0.2) is 8.42 Å². The Bertz CT molecular complexity index is 687. The van der Waals surface area contributed by atoms with Crippen LogP contribution in [0.25, 0.3) is 0 Å². The lowest BCUT2D eigenvalue weighted by Gasteiger charge is -2.39. The van der Waals surface area contributed by atoms with E-state index in [-0.39, 0.29) is 34.4 Å². The van der Waals surface area contributed by atoms with Crippen LogP contribution < -0.4 is 0 Å². The molecule has 1 saturated carbocycles. The van der Waals surface area contributed by atoms with Gasteiger partial charge in [0.2, 0.25) is 0 Å². The number of likely N-dealkylation sites (tertiary alicyclic amines) is 1. The van der Waals surface area contributed by atoms with Crippen molar-refractivity contribution < 1.29 is 18.0 Å². The smallest absolute Gasteiger partial charge is 0.312 e. The molecule has 0 aromatic carbocycles. The summed E-state index contributed by atoms with van der Waals surface area (Å²) in [6.07, 6.45) is 3.38. The Balaban J connectivity index is 1.75. The SMILES string of the molecule is CCN(C(=O)C(=O)N1CC2(C)CC1CC(C)(C)C2)C1CCS(=O)(=O)C1. The number of fused-ring (bicyclic) bond motifs is 2. The van der Waals surface area contributed by atoms with Gasteiger partial charge in [-0.05, 0) is 43.4 Å². The third-order valence-electron chi connectivity index (χ3n) is 6.11. The van der Waals surface area contributed by atoms with Crippen molar-refractivity contribution in [1.29, 1.82) is 0 Å². The van der Waals surface area contributed by atoms with Crippen molar-refractivity contribution in [3.8, 4) is 0 Å². The summed E-state index contributed by atoms with van der Waals surface area (Å²) in [6, 6.07) is -0.239. The van der Waals surface area contributed by atoms with E-state index in [1.54, 1.807) is 4.90 Å². The molecule has 2 saturated heterocycles. The fourth-order valence-electron chi connectivity index (χ4n) is 5.53. The minimum absolute atomic E-state index is 0.0198. The van der Waals surface area contributed by atoms with E-state index in [9.17, 15) is 18.0 Å². The molecule has 3 aliphatic rings. The Morgan fingerprint density at radius 1 is 1.20 bits per heavy atom. The Hall–Kier alpha value is -1.11. The Labute approximate surface area is 150 Å². The highest BCUT2D eigenvalue weighted by molar-refractivity contribution is 7.91. The second-order valence-electron chi connectivity index (χ2n) is 9.29. The molecule has 0 aromatic rings. The van der Waals surface area contributed by atoms with Gasteiger partial charge in [-0.15, -0.1) is 0 Å². The highest BCUT2D eigenvalue weighted by Gasteiger charge is 2.52. The van der Waals surface area contributed by atoms with Gasteiger partial charge in [-0.3, -0.25) is 9.59 Å². The van der Waals surface area contributed by atoms with E-state index in [0.717, 1.165) is 19.3 Å². The molecule has 2 heterocycles. The van der Waals surface area contributed by atoms with Crippen LogP contribution in [0.15, 0.2) is 0 Å². The summed E-state index contributed by atoms with van der Waals surface area (Å²) in [6.45, 7) is 9.48. The van der Waals surface area contributed by atoms with Crippen LogP contribution in [0, 0.1) is 10.8 Å². The summed E-state index contributed by atoms with van der Waals surface area (Å²) in [7, 11) is -3.09. The quantitative estimate of drug-likeness (QED) is 0.690. The fraction of sp³-hybridized carbons (Fsp3) is 0.889. The molecule has 2 aliphatic heterocycles. The van der Waals surface area contributed by atoms with Gasteiger partial charge >= 0.3 is 11.8 Å².